The molecule has 1 heterocycles. The third kappa shape index (κ3) is 4.87. The van der Waals surface area contributed by atoms with Crippen molar-refractivity contribution in [1.82, 2.24) is 0 Å². The average Bonchev–Trinajstić information content (AvgIpc) is 1.78. The summed E-state index contributed by atoms with van der Waals surface area (Å²) in [4.78, 5) is 4.56. The Labute approximate surface area is 108 Å². The van der Waals surface area contributed by atoms with Gasteiger partial charge in [-0.05, 0) is 20.8 Å². The lowest BCUT2D eigenvalue weighted by Crippen LogP contribution is -2.33. The van der Waals surface area contributed by atoms with Gasteiger partial charge in [0.05, 0.1) is 5.54 Å². The molecule has 1 aliphatic heterocycles. The van der Waals surface area contributed by atoms with Crippen molar-refractivity contribution in [3.63, 3.8) is 0 Å². The van der Waals surface area contributed by atoms with Crippen molar-refractivity contribution in [3.8, 4) is 0 Å². The third-order valence-corrected chi connectivity index (χ3v) is 2.68. The zero-order valence-electron chi connectivity index (χ0n) is 9.53. The highest BCUT2D eigenvalue weighted by Crippen LogP contribution is 2.28. The van der Waals surface area contributed by atoms with Crippen LogP contribution in [-0.2, 0) is 4.74 Å². The first-order chi connectivity index (χ1) is 5.89. The highest BCUT2D eigenvalue weighted by molar-refractivity contribution is 14.0. The monoisotopic (exact) mass is 329 g/mol. The van der Waals surface area contributed by atoms with E-state index in [4.69, 9.17) is 4.74 Å². The summed E-state index contributed by atoms with van der Waals surface area (Å²) in [5.41, 5.74) is 0.0505. The fourth-order valence-electron chi connectivity index (χ4n) is 1.49. The van der Waals surface area contributed by atoms with Gasteiger partial charge in [-0.15, -0.1) is 24.0 Å². The van der Waals surface area contributed by atoms with Crippen LogP contribution in [0, 0.1) is 0 Å². The topological polar surface area (TPSA) is 21.6 Å². The van der Waals surface area contributed by atoms with E-state index < -0.39 is 0 Å². The largest absolute Gasteiger partial charge is 0.470 e. The van der Waals surface area contributed by atoms with Crippen LogP contribution in [0.5, 0.6) is 0 Å². The van der Waals surface area contributed by atoms with Crippen molar-refractivity contribution in [2.75, 3.05) is 0 Å². The van der Waals surface area contributed by atoms with Gasteiger partial charge in [0, 0.05) is 11.7 Å². The van der Waals surface area contributed by atoms with E-state index in [0.717, 1.165) is 11.7 Å². The molecular weight excluding hydrogens is 309 g/mol. The second-order valence-electron chi connectivity index (χ2n) is 4.49. The zero-order valence-corrected chi connectivity index (χ0v) is 12.7. The van der Waals surface area contributed by atoms with Crippen LogP contribution in [-0.4, -0.2) is 22.1 Å². The van der Waals surface area contributed by atoms with Crippen molar-refractivity contribution in [3.05, 3.63) is 0 Å². The Morgan fingerprint density at radius 3 is 2.50 bits per heavy atom. The Balaban J connectivity index is 0.00000169. The molecule has 0 spiro atoms. The van der Waals surface area contributed by atoms with Crippen LogP contribution in [0.2, 0.25) is 0 Å². The van der Waals surface area contributed by atoms with Gasteiger partial charge in [0.15, 0.2) is 0 Å². The predicted molar refractivity (Wildman–Crippen MR) is 74.8 cm³/mol. The molecule has 0 fully saturated rings. The molecule has 0 N–H and O–H groups in total. The van der Waals surface area contributed by atoms with Gasteiger partial charge >= 0.3 is 0 Å². The minimum atomic E-state index is 0. The molecule has 1 atom stereocenters. The number of hydrogen-bond acceptors (Lipinski definition) is 3. The maximum atomic E-state index is 5.65. The summed E-state index contributed by atoms with van der Waals surface area (Å²) in [6.45, 7) is 10.7. The number of hydrogen-bond donors (Lipinski definition) is 0. The summed E-state index contributed by atoms with van der Waals surface area (Å²) in [6, 6.07) is 0. The molecule has 1 unspecified atom stereocenters. The van der Waals surface area contributed by atoms with Gasteiger partial charge in [-0.2, -0.15) is 0 Å². The first kappa shape index (κ1) is 14.6. The number of aliphatic imine (C=N–C) groups is 1. The summed E-state index contributed by atoms with van der Waals surface area (Å²) in [7, 11) is 0. The molecule has 0 saturated carbocycles. The third-order valence-electron chi connectivity index (χ3n) is 1.82. The first-order valence-electron chi connectivity index (χ1n) is 4.82. The van der Waals surface area contributed by atoms with Gasteiger partial charge in [-0.3, -0.25) is 0 Å². The van der Waals surface area contributed by atoms with Gasteiger partial charge in [-0.1, -0.05) is 25.6 Å². The second-order valence-corrected chi connectivity index (χ2v) is 6.02. The number of rotatable bonds is 1. The molecule has 0 aromatic heterocycles. The highest BCUT2D eigenvalue weighted by Gasteiger charge is 2.28. The van der Waals surface area contributed by atoms with Crippen LogP contribution in [0.1, 0.15) is 41.0 Å². The number of halogens is 1. The summed E-state index contributed by atoms with van der Waals surface area (Å²) in [5, 5.41) is 1.40. The van der Waals surface area contributed by atoms with Crippen LogP contribution >= 0.6 is 35.7 Å². The van der Waals surface area contributed by atoms with E-state index in [1.807, 2.05) is 0 Å². The highest BCUT2D eigenvalue weighted by atomic mass is 127. The number of nitrogens with zero attached hydrogens (tertiary/aromatic N) is 1. The second kappa shape index (κ2) is 5.58. The van der Waals surface area contributed by atoms with Gasteiger partial charge in [-0.25, -0.2) is 4.99 Å². The average molecular weight is 329 g/mol. The molecule has 0 aromatic rings. The maximum Gasteiger partial charge on any atom is 0.246 e. The van der Waals surface area contributed by atoms with Gasteiger partial charge < -0.3 is 4.74 Å². The van der Waals surface area contributed by atoms with E-state index in [1.165, 1.54) is 0 Å². The molecule has 0 saturated heterocycles. The lowest BCUT2D eigenvalue weighted by atomic mass is 9.98. The first-order valence-corrected chi connectivity index (χ1v) is 5.70. The molecule has 0 bridgehead atoms. The normalized spacial score (nSPS) is 25.0. The van der Waals surface area contributed by atoms with Gasteiger partial charge in [0.2, 0.25) is 5.23 Å². The molecule has 1 rings (SSSR count). The molecule has 84 valence electrons. The van der Waals surface area contributed by atoms with Crippen molar-refractivity contribution in [2.45, 2.75) is 57.9 Å². The van der Waals surface area contributed by atoms with Crippen LogP contribution < -0.4 is 0 Å². The molecule has 0 aromatic carbocycles. The van der Waals surface area contributed by atoms with Crippen molar-refractivity contribution >= 4 is 41.0 Å². The van der Waals surface area contributed by atoms with E-state index >= 15 is 0 Å². The summed E-state index contributed by atoms with van der Waals surface area (Å²) in [6.07, 6.45) is 1.31. The van der Waals surface area contributed by atoms with Crippen molar-refractivity contribution in [1.29, 1.82) is 0 Å². The van der Waals surface area contributed by atoms with Crippen LogP contribution in [0.3, 0.4) is 0 Å². The Hall–Kier alpha value is 0.550. The summed E-state index contributed by atoms with van der Waals surface area (Å²) in [5.74, 6) is 0. The Morgan fingerprint density at radius 1 is 1.50 bits per heavy atom. The summed E-state index contributed by atoms with van der Waals surface area (Å²) >= 11 is 1.71. The predicted octanol–water partition coefficient (Wildman–Crippen LogP) is 3.69. The van der Waals surface area contributed by atoms with Crippen LogP contribution in [0.15, 0.2) is 4.99 Å². The molecule has 14 heavy (non-hydrogen) atoms. The van der Waals surface area contributed by atoms with E-state index in [0.29, 0.717) is 11.4 Å². The van der Waals surface area contributed by atoms with Crippen LogP contribution in [0.25, 0.3) is 0 Å². The van der Waals surface area contributed by atoms with Gasteiger partial charge in [0.25, 0.3) is 0 Å². The molecule has 0 aliphatic carbocycles. The van der Waals surface area contributed by atoms with E-state index in [1.54, 1.807) is 11.8 Å². The molecule has 2 nitrogen and oxygen atoms in total. The smallest absolute Gasteiger partial charge is 0.246 e. The Morgan fingerprint density at radius 2 is 2.07 bits per heavy atom. The Kier molecular flexibility index (Phi) is 5.80. The Bertz CT molecular complexity index is 216. The van der Waals surface area contributed by atoms with E-state index in [9.17, 15) is 0 Å². The zero-order chi connectivity index (χ0) is 10.1. The number of thioether (sulfide) groups is 1. The lowest BCUT2D eigenvalue weighted by molar-refractivity contribution is 0.152. The van der Waals surface area contributed by atoms with Crippen molar-refractivity contribution < 1.29 is 4.74 Å². The number of ether oxygens (including phenoxy) is 1. The van der Waals surface area contributed by atoms with E-state index in [2.05, 4.69) is 39.6 Å². The quantitative estimate of drug-likeness (QED) is 0.685. The van der Waals surface area contributed by atoms with Crippen LogP contribution in [0.4, 0.5) is 0 Å². The molecule has 0 amide bonds. The molecule has 0 radical (unpaired) electrons. The van der Waals surface area contributed by atoms with E-state index in [-0.39, 0.29) is 29.5 Å². The van der Waals surface area contributed by atoms with Gasteiger partial charge in [0.1, 0.15) is 6.10 Å². The molecule has 4 heteroatoms. The minimum absolute atomic E-state index is 0. The lowest BCUT2D eigenvalue weighted by Gasteiger charge is -2.31. The maximum absolute atomic E-state index is 5.65. The molecular formula is C10H20INOS. The summed E-state index contributed by atoms with van der Waals surface area (Å²) < 4.78 is 5.65. The standard InChI is InChI=1S/C10H19NOS.HI/c1-7(2)13-9-11-10(4,5)6-8(3)12-9;/h7-8H,6H2,1-5H3;1H. The minimum Gasteiger partial charge on any atom is -0.470 e. The molecule has 1 aliphatic rings. The fraction of sp³-hybridized carbons (Fsp3) is 0.900. The van der Waals surface area contributed by atoms with Crippen molar-refractivity contribution in [2.24, 2.45) is 4.99 Å². The fourth-order valence-corrected chi connectivity index (χ4v) is 2.42. The SMILES string of the molecule is CC1CC(C)(C)N=C(SC(C)C)O1.I.